The minimum absolute atomic E-state index is 0.219. The number of likely N-dealkylation sites (tertiary alicyclic amines) is 1. The number of hydrogen-bond donors (Lipinski definition) is 1. The molecule has 0 radical (unpaired) electrons. The largest absolute Gasteiger partial charge is 0.444 e. The maximum Gasteiger partial charge on any atom is 0.410 e. The minimum atomic E-state index is -0.441. The van der Waals surface area contributed by atoms with Gasteiger partial charge in [0.2, 0.25) is 0 Å². The highest BCUT2D eigenvalue weighted by atomic mass is 79.9. The fourth-order valence-electron chi connectivity index (χ4n) is 2.55. The molecule has 2 unspecified atom stereocenters. The van der Waals surface area contributed by atoms with Gasteiger partial charge in [-0.05, 0) is 49.0 Å². The van der Waals surface area contributed by atoms with Crippen molar-refractivity contribution in [3.63, 3.8) is 0 Å². The van der Waals surface area contributed by atoms with Crippen molar-refractivity contribution in [3.8, 4) is 0 Å². The maximum absolute atomic E-state index is 12.1. The van der Waals surface area contributed by atoms with Crippen LogP contribution < -0.4 is 0 Å². The van der Waals surface area contributed by atoms with Gasteiger partial charge >= 0.3 is 6.09 Å². The normalized spacial score (nSPS) is 23.8. The highest BCUT2D eigenvalue weighted by molar-refractivity contribution is 9.10. The molecule has 2 rings (SSSR count). The standard InChI is InChI=1S/C14H22BrN3O2/c1-9-8-18(13(19)20-14(2,3)4)6-5-10(9)12-16-7-11(15)17-12/h7,9-10H,5-6,8H2,1-4H3,(H,16,17). The lowest BCUT2D eigenvalue weighted by molar-refractivity contribution is 0.0152. The zero-order valence-electron chi connectivity index (χ0n) is 12.4. The van der Waals surface area contributed by atoms with E-state index in [2.05, 4.69) is 32.8 Å². The zero-order valence-corrected chi connectivity index (χ0v) is 14.0. The molecular formula is C14H22BrN3O2. The quantitative estimate of drug-likeness (QED) is 0.848. The fraction of sp³-hybridized carbons (Fsp3) is 0.714. The van der Waals surface area contributed by atoms with E-state index in [1.807, 2.05) is 20.8 Å². The van der Waals surface area contributed by atoms with E-state index in [9.17, 15) is 4.79 Å². The Morgan fingerprint density at radius 3 is 2.75 bits per heavy atom. The van der Waals surface area contributed by atoms with E-state index in [1.54, 1.807) is 11.1 Å². The van der Waals surface area contributed by atoms with Crippen molar-refractivity contribution in [1.82, 2.24) is 14.9 Å². The molecule has 1 N–H and O–H groups in total. The molecule has 0 saturated carbocycles. The van der Waals surface area contributed by atoms with Crippen molar-refractivity contribution >= 4 is 22.0 Å². The Bertz CT molecular complexity index is 481. The average Bonchev–Trinajstić information content (AvgIpc) is 2.73. The molecule has 0 aromatic carbocycles. The first-order valence-electron chi connectivity index (χ1n) is 6.94. The van der Waals surface area contributed by atoms with Gasteiger partial charge in [-0.1, -0.05) is 6.92 Å². The number of halogens is 1. The summed E-state index contributed by atoms with van der Waals surface area (Å²) >= 11 is 3.38. The first-order valence-corrected chi connectivity index (χ1v) is 7.74. The lowest BCUT2D eigenvalue weighted by Gasteiger charge is -2.36. The molecule has 1 aliphatic heterocycles. The highest BCUT2D eigenvalue weighted by Crippen LogP contribution is 2.32. The van der Waals surface area contributed by atoms with Crippen molar-refractivity contribution in [1.29, 1.82) is 0 Å². The van der Waals surface area contributed by atoms with Crippen LogP contribution in [0, 0.1) is 5.92 Å². The van der Waals surface area contributed by atoms with Crippen molar-refractivity contribution in [2.45, 2.75) is 45.6 Å². The molecule has 2 heterocycles. The van der Waals surface area contributed by atoms with Crippen LogP contribution in [0.3, 0.4) is 0 Å². The molecule has 5 nitrogen and oxygen atoms in total. The second-order valence-electron chi connectivity index (χ2n) is 6.42. The SMILES string of the molecule is CC1CN(C(=O)OC(C)(C)C)CCC1c1ncc(Br)[nH]1. The molecule has 1 aromatic heterocycles. The van der Waals surface area contributed by atoms with Crippen LogP contribution in [0.4, 0.5) is 4.79 Å². The number of ether oxygens (including phenoxy) is 1. The van der Waals surface area contributed by atoms with Crippen LogP contribution in [-0.2, 0) is 4.74 Å². The van der Waals surface area contributed by atoms with Gasteiger partial charge in [0.1, 0.15) is 16.0 Å². The highest BCUT2D eigenvalue weighted by Gasteiger charge is 2.33. The molecule has 2 atom stereocenters. The molecule has 1 fully saturated rings. The van der Waals surface area contributed by atoms with Crippen molar-refractivity contribution in [2.75, 3.05) is 13.1 Å². The summed E-state index contributed by atoms with van der Waals surface area (Å²) in [5, 5.41) is 0. The lowest BCUT2D eigenvalue weighted by Crippen LogP contribution is -2.44. The number of imidazole rings is 1. The van der Waals surface area contributed by atoms with Crippen LogP contribution in [0.1, 0.15) is 45.9 Å². The number of hydrogen-bond acceptors (Lipinski definition) is 3. The monoisotopic (exact) mass is 343 g/mol. The van der Waals surface area contributed by atoms with Gasteiger partial charge in [0.15, 0.2) is 0 Å². The van der Waals surface area contributed by atoms with E-state index in [0.717, 1.165) is 16.8 Å². The number of carbonyl (C=O) groups is 1. The molecule has 112 valence electrons. The second-order valence-corrected chi connectivity index (χ2v) is 7.27. The fourth-order valence-corrected chi connectivity index (χ4v) is 2.85. The molecule has 1 aromatic rings. The third-order valence-electron chi connectivity index (χ3n) is 3.47. The third-order valence-corrected chi connectivity index (χ3v) is 3.88. The summed E-state index contributed by atoms with van der Waals surface area (Å²) in [5.74, 6) is 1.71. The zero-order chi connectivity index (χ0) is 14.9. The number of carbonyl (C=O) groups excluding carboxylic acids is 1. The Labute approximate surface area is 128 Å². The summed E-state index contributed by atoms with van der Waals surface area (Å²) in [4.78, 5) is 21.5. The number of H-pyrrole nitrogens is 1. The van der Waals surface area contributed by atoms with Crippen molar-refractivity contribution in [2.24, 2.45) is 5.92 Å². The topological polar surface area (TPSA) is 58.2 Å². The van der Waals surface area contributed by atoms with Gasteiger partial charge in [-0.25, -0.2) is 9.78 Å². The number of piperidine rings is 1. The number of nitrogens with zero attached hydrogens (tertiary/aromatic N) is 2. The van der Waals surface area contributed by atoms with E-state index in [0.29, 0.717) is 24.9 Å². The summed E-state index contributed by atoms with van der Waals surface area (Å²) in [6.45, 7) is 9.24. The van der Waals surface area contributed by atoms with Gasteiger partial charge in [-0.15, -0.1) is 0 Å². The van der Waals surface area contributed by atoms with E-state index in [4.69, 9.17) is 4.74 Å². The van der Waals surface area contributed by atoms with E-state index < -0.39 is 5.60 Å². The molecule has 1 aliphatic rings. The van der Waals surface area contributed by atoms with Crippen LogP contribution in [-0.4, -0.2) is 39.7 Å². The minimum Gasteiger partial charge on any atom is -0.444 e. The Morgan fingerprint density at radius 2 is 2.25 bits per heavy atom. The van der Waals surface area contributed by atoms with Gasteiger partial charge in [0, 0.05) is 19.0 Å². The Morgan fingerprint density at radius 1 is 1.55 bits per heavy atom. The van der Waals surface area contributed by atoms with Crippen LogP contribution in [0.15, 0.2) is 10.8 Å². The molecule has 0 spiro atoms. The van der Waals surface area contributed by atoms with Crippen molar-refractivity contribution in [3.05, 3.63) is 16.6 Å². The van der Waals surface area contributed by atoms with Crippen LogP contribution in [0.2, 0.25) is 0 Å². The van der Waals surface area contributed by atoms with Gasteiger partial charge in [-0.2, -0.15) is 0 Å². The Hall–Kier alpha value is -1.04. The Balaban J connectivity index is 1.97. The average molecular weight is 344 g/mol. The summed E-state index contributed by atoms with van der Waals surface area (Å²) < 4.78 is 6.32. The molecule has 0 bridgehead atoms. The van der Waals surface area contributed by atoms with Crippen LogP contribution in [0.5, 0.6) is 0 Å². The first kappa shape index (κ1) is 15.4. The smallest absolute Gasteiger partial charge is 0.410 e. The lowest BCUT2D eigenvalue weighted by atomic mass is 9.86. The molecular weight excluding hydrogens is 322 g/mol. The Kier molecular flexibility index (Phi) is 4.42. The maximum atomic E-state index is 12.1. The van der Waals surface area contributed by atoms with Gasteiger partial charge in [-0.3, -0.25) is 0 Å². The first-order chi connectivity index (χ1) is 9.26. The summed E-state index contributed by atoms with van der Waals surface area (Å²) in [6.07, 6.45) is 2.46. The summed E-state index contributed by atoms with van der Waals surface area (Å²) in [7, 11) is 0. The molecule has 0 aliphatic carbocycles. The third kappa shape index (κ3) is 3.75. The predicted octanol–water partition coefficient (Wildman–Crippen LogP) is 3.53. The van der Waals surface area contributed by atoms with Crippen molar-refractivity contribution < 1.29 is 9.53 Å². The molecule has 1 saturated heterocycles. The van der Waals surface area contributed by atoms with Gasteiger partial charge in [0.05, 0.1) is 6.20 Å². The van der Waals surface area contributed by atoms with Gasteiger partial charge in [0.25, 0.3) is 0 Å². The van der Waals surface area contributed by atoms with E-state index >= 15 is 0 Å². The van der Waals surface area contributed by atoms with Crippen LogP contribution >= 0.6 is 15.9 Å². The summed E-state index contributed by atoms with van der Waals surface area (Å²) in [5.41, 5.74) is -0.441. The number of rotatable bonds is 1. The number of aromatic amines is 1. The van der Waals surface area contributed by atoms with E-state index in [-0.39, 0.29) is 6.09 Å². The second kappa shape index (κ2) is 5.76. The molecule has 6 heteroatoms. The van der Waals surface area contributed by atoms with Crippen LogP contribution in [0.25, 0.3) is 0 Å². The molecule has 1 amide bonds. The number of aromatic nitrogens is 2. The summed E-state index contributed by atoms with van der Waals surface area (Å²) in [6, 6.07) is 0. The predicted molar refractivity (Wildman–Crippen MR) is 80.6 cm³/mol. The van der Waals surface area contributed by atoms with Gasteiger partial charge < -0.3 is 14.6 Å². The molecule has 20 heavy (non-hydrogen) atoms. The number of amides is 1. The number of nitrogens with one attached hydrogen (secondary N) is 1. The van der Waals surface area contributed by atoms with E-state index in [1.165, 1.54) is 0 Å².